The topological polar surface area (TPSA) is 268 Å². The zero-order valence-corrected chi connectivity index (χ0v) is 76.1. The summed E-state index contributed by atoms with van der Waals surface area (Å²) in [5, 5.41) is 29.8. The molecule has 6 aromatic heterocycles. The summed E-state index contributed by atoms with van der Waals surface area (Å²) in [4.78, 5) is 41.5. The number of ether oxygens (including phenoxy) is 12. The van der Waals surface area contributed by atoms with Gasteiger partial charge in [0, 0.05) is 127 Å². The molecule has 0 bridgehead atoms. The molecular weight excluding hydrogens is 1540 g/mol. The van der Waals surface area contributed by atoms with E-state index < -0.39 is 49.5 Å². The number of aliphatic carboxylic acids is 1. The van der Waals surface area contributed by atoms with Gasteiger partial charge in [-0.25, -0.2) is 28.9 Å². The first-order chi connectivity index (χ1) is 55.4. The highest BCUT2D eigenvalue weighted by Gasteiger charge is 2.47. The summed E-state index contributed by atoms with van der Waals surface area (Å²) in [6.07, 6.45) is 15.1. The lowest BCUT2D eigenvalue weighted by molar-refractivity contribution is -0.181. The first-order valence-electron chi connectivity index (χ1n) is 41.0. The van der Waals surface area contributed by atoms with Crippen molar-refractivity contribution in [3.8, 4) is 33.6 Å². The van der Waals surface area contributed by atoms with Gasteiger partial charge in [-0.15, -0.1) is 0 Å². The standard InChI is InChI=1S/C44H68N6O8Si2.C41H62N6O7Si2/c1-11-56-34(2)39-40(35-17-19-44(20-18-35,58-24-22-53-4)43(51)57-23-21-52-3)47-41-38(36-29-45-49(31-36)37-15-13-12-14-16-37)30-46-50(41)42(39)48(32-54-25-27-59(5,6)7)33-55-26-28-60(8,9)10;1-10-53-31(2)36-37(32-16-18-41(19-17-32,40(48)49)54-21-20-50-3)44-38-35(33-26-42-46(28-33)34-14-12-11-13-15-34)27-43-47(38)39(36)45(29-51-22-24-55(4,5)6)30-52-23-25-56(7,8)9/h12-16,29-31,35H,2,11,17-28,32-33H2,1,3-10H3;11-15,26-28,32H,2,10,16-25,29-30H2,1,3-9H3,(H,48,49). The number of carbonyl (C=O) groups is 2. The van der Waals surface area contributed by atoms with Crippen molar-refractivity contribution in [2.45, 2.75) is 191 Å². The Morgan fingerprint density at radius 1 is 0.466 bits per heavy atom. The first kappa shape index (κ1) is 92.1. The number of benzene rings is 2. The van der Waals surface area contributed by atoms with Crippen LogP contribution in [0.25, 0.3) is 56.4 Å². The number of carboxylic acid groups (broad SMARTS) is 1. The van der Waals surface area contributed by atoms with Gasteiger partial charge in [0.2, 0.25) is 0 Å². The molecular formula is C85H130N12O15Si4. The minimum Gasteiger partial charge on any atom is -0.494 e. The van der Waals surface area contributed by atoms with Crippen molar-refractivity contribution < 1.29 is 71.5 Å². The van der Waals surface area contributed by atoms with E-state index in [1.807, 2.05) is 130 Å². The van der Waals surface area contributed by atoms with Crippen LogP contribution in [0.1, 0.15) is 99.6 Å². The van der Waals surface area contributed by atoms with Crippen LogP contribution in [0.2, 0.25) is 103 Å². The molecule has 0 unspecified atom stereocenters. The Labute approximate surface area is 690 Å². The predicted molar refractivity (Wildman–Crippen MR) is 467 cm³/mol. The quantitative estimate of drug-likeness (QED) is 0.0122. The van der Waals surface area contributed by atoms with Gasteiger partial charge in [0.15, 0.2) is 22.5 Å². The Hall–Kier alpha value is -7.77. The van der Waals surface area contributed by atoms with E-state index in [4.69, 9.17) is 82.1 Å². The van der Waals surface area contributed by atoms with Crippen LogP contribution in [0.15, 0.2) is 111 Å². The Bertz CT molecular complexity index is 4380. The van der Waals surface area contributed by atoms with Gasteiger partial charge in [-0.05, 0) is 114 Å². The molecule has 0 saturated heterocycles. The number of hydrogen-bond acceptors (Lipinski definition) is 22. The van der Waals surface area contributed by atoms with E-state index in [1.54, 1.807) is 21.3 Å². The summed E-state index contributed by atoms with van der Waals surface area (Å²) in [6, 6.07) is 24.0. The Balaban J connectivity index is 0.000000266. The second kappa shape index (κ2) is 42.8. The van der Waals surface area contributed by atoms with Crippen LogP contribution < -0.4 is 9.80 Å². The number of nitrogens with zero attached hydrogens (tertiary/aromatic N) is 12. The Kier molecular flexibility index (Phi) is 34.0. The number of rotatable bonds is 47. The maximum Gasteiger partial charge on any atom is 0.338 e. The van der Waals surface area contributed by atoms with Gasteiger partial charge in [-0.2, -0.15) is 29.4 Å². The lowest BCUT2D eigenvalue weighted by atomic mass is 9.76. The average molecular weight is 1670 g/mol. The monoisotopic (exact) mass is 1670 g/mol. The predicted octanol–water partition coefficient (Wildman–Crippen LogP) is 16.4. The molecule has 10 rings (SSSR count). The molecule has 0 atom stereocenters. The van der Waals surface area contributed by atoms with E-state index in [2.05, 4.69) is 107 Å². The van der Waals surface area contributed by atoms with Gasteiger partial charge < -0.3 is 71.7 Å². The number of carbonyl (C=O) groups excluding carboxylic acids is 1. The smallest absolute Gasteiger partial charge is 0.338 e. The molecule has 2 fully saturated rings. The van der Waals surface area contributed by atoms with Crippen LogP contribution in [0, 0.1) is 0 Å². The van der Waals surface area contributed by atoms with E-state index in [1.165, 1.54) is 0 Å². The largest absolute Gasteiger partial charge is 0.494 e. The van der Waals surface area contributed by atoms with Crippen molar-refractivity contribution in [3.63, 3.8) is 0 Å². The van der Waals surface area contributed by atoms with Gasteiger partial charge in [0.05, 0.1) is 105 Å². The van der Waals surface area contributed by atoms with Gasteiger partial charge in [0.1, 0.15) is 56.7 Å². The second-order valence-corrected chi connectivity index (χ2v) is 57.3. The van der Waals surface area contributed by atoms with Crippen LogP contribution >= 0.6 is 0 Å². The highest BCUT2D eigenvalue weighted by Crippen LogP contribution is 2.48. The fraction of sp³-hybridized carbons (Fsp3) is 0.576. The van der Waals surface area contributed by atoms with Crippen molar-refractivity contribution in [1.29, 1.82) is 0 Å². The van der Waals surface area contributed by atoms with Crippen LogP contribution in [0.3, 0.4) is 0 Å². The molecule has 636 valence electrons. The zero-order chi connectivity index (χ0) is 83.9. The molecule has 2 aliphatic carbocycles. The summed E-state index contributed by atoms with van der Waals surface area (Å²) >= 11 is 0. The highest BCUT2D eigenvalue weighted by atomic mass is 28.3. The summed E-state index contributed by atoms with van der Waals surface area (Å²) in [7, 11) is -0.686. The lowest BCUT2D eigenvalue weighted by Gasteiger charge is -2.38. The SMILES string of the molecule is C=C(OCC)c1c(C2CCC(OCCOC)(C(=O)O)CC2)nc2c(-c3cnn(-c4ccccc4)c3)cnn2c1N(COCC[Si](C)(C)C)COCC[Si](C)(C)C.C=C(OCC)c1c(C2CCC(OCCOC)(C(=O)OCCOC)CC2)nc2c(-c3cnn(-c4ccccc4)c3)cnn2c1N(COCC[Si](C)(C)C)COCC[Si](C)(C)C. The van der Waals surface area contributed by atoms with Crippen LogP contribution in [0.4, 0.5) is 11.6 Å². The number of methoxy groups -OCH3 is 3. The highest BCUT2D eigenvalue weighted by molar-refractivity contribution is 6.77. The molecule has 1 N–H and O–H groups in total. The van der Waals surface area contributed by atoms with Gasteiger partial charge in [-0.3, -0.25) is 0 Å². The van der Waals surface area contributed by atoms with Crippen LogP contribution in [-0.4, -0.2) is 237 Å². The molecule has 2 aromatic carbocycles. The average Bonchev–Trinajstić information content (AvgIpc) is 1.50. The molecule has 0 spiro atoms. The number of fused-ring (bicyclic) bond motifs is 2. The number of para-hydroxylation sites is 2. The molecule has 8 aromatic rings. The number of anilines is 2. The molecule has 2 aliphatic rings. The van der Waals surface area contributed by atoms with Crippen molar-refractivity contribution in [1.82, 2.24) is 48.8 Å². The minimum absolute atomic E-state index is 0.0934. The Morgan fingerprint density at radius 2 is 0.810 bits per heavy atom. The van der Waals surface area contributed by atoms with E-state index in [-0.39, 0.29) is 64.5 Å². The third-order valence-electron chi connectivity index (χ3n) is 20.9. The van der Waals surface area contributed by atoms with Crippen molar-refractivity contribution in [2.24, 2.45) is 0 Å². The molecule has 0 amide bonds. The molecule has 6 heterocycles. The van der Waals surface area contributed by atoms with E-state index in [0.29, 0.717) is 145 Å². The normalized spacial score (nSPS) is 17.5. The molecule has 2 saturated carbocycles. The second-order valence-electron chi connectivity index (χ2n) is 34.8. The van der Waals surface area contributed by atoms with Gasteiger partial charge in [0.25, 0.3) is 0 Å². The van der Waals surface area contributed by atoms with Crippen LogP contribution in [0.5, 0.6) is 0 Å². The molecule has 31 heteroatoms. The maximum atomic E-state index is 13.7. The van der Waals surface area contributed by atoms with E-state index >= 15 is 0 Å². The fourth-order valence-electron chi connectivity index (χ4n) is 14.0. The van der Waals surface area contributed by atoms with Gasteiger partial charge in [-0.1, -0.05) is 128 Å². The third kappa shape index (κ3) is 25.4. The summed E-state index contributed by atoms with van der Waals surface area (Å²) in [5.41, 5.74) is 7.13. The summed E-state index contributed by atoms with van der Waals surface area (Å²) in [5.74, 6) is 0.809. The van der Waals surface area contributed by atoms with E-state index in [0.717, 1.165) is 80.6 Å². The fourth-order valence-corrected chi connectivity index (χ4v) is 17.1. The summed E-state index contributed by atoms with van der Waals surface area (Å²) in [6.45, 7) is 46.9. The minimum atomic E-state index is -1.37. The molecule has 116 heavy (non-hydrogen) atoms. The van der Waals surface area contributed by atoms with E-state index in [9.17, 15) is 14.7 Å². The number of hydrogen-bond donors (Lipinski definition) is 1. The third-order valence-corrected chi connectivity index (χ3v) is 27.7. The van der Waals surface area contributed by atoms with Crippen molar-refractivity contribution >= 4 is 78.7 Å². The van der Waals surface area contributed by atoms with Gasteiger partial charge >= 0.3 is 11.9 Å². The maximum absolute atomic E-state index is 13.7. The van der Waals surface area contributed by atoms with Crippen molar-refractivity contribution in [3.05, 3.63) is 134 Å². The first-order valence-corrected chi connectivity index (χ1v) is 55.8. The number of aromatic nitrogens is 10. The zero-order valence-electron chi connectivity index (χ0n) is 72.1. The Morgan fingerprint density at radius 3 is 1.15 bits per heavy atom. The molecule has 0 radical (unpaired) electrons. The lowest BCUT2D eigenvalue weighted by Crippen LogP contribution is -2.47. The van der Waals surface area contributed by atoms with Crippen LogP contribution in [-0.2, 0) is 66.4 Å². The van der Waals surface area contributed by atoms with Crippen molar-refractivity contribution in [2.75, 3.05) is 137 Å². The summed E-state index contributed by atoms with van der Waals surface area (Å²) < 4.78 is 79.5. The number of esters is 1. The molecule has 27 nitrogen and oxygen atoms in total. The molecule has 0 aliphatic heterocycles. The number of carboxylic acids is 1.